The predicted octanol–water partition coefficient (Wildman–Crippen LogP) is 2.26. The largest absolute Gasteiger partial charge is 0.444 e. The second-order valence-corrected chi connectivity index (χ2v) is 6.34. The Morgan fingerprint density at radius 3 is 2.47 bits per heavy atom. The Balaban J connectivity index is 2.51. The van der Waals surface area contributed by atoms with E-state index >= 15 is 0 Å². The highest BCUT2D eigenvalue weighted by Gasteiger charge is 2.36. The predicted molar refractivity (Wildman–Crippen MR) is 66.8 cm³/mol. The average molecular weight is 243 g/mol. The summed E-state index contributed by atoms with van der Waals surface area (Å²) in [6.07, 6.45) is 0.216. The number of hydrogen-bond acceptors (Lipinski definition) is 3. The summed E-state index contributed by atoms with van der Waals surface area (Å²) in [6.45, 7) is 10.8. The molecule has 1 aliphatic heterocycles. The van der Waals surface area contributed by atoms with Crippen LogP contribution in [0.25, 0.3) is 0 Å². The molecule has 0 aromatic carbocycles. The van der Waals surface area contributed by atoms with Crippen LogP contribution in [0, 0.1) is 11.8 Å². The van der Waals surface area contributed by atoms with Crippen LogP contribution in [0.3, 0.4) is 0 Å². The summed E-state index contributed by atoms with van der Waals surface area (Å²) in [5.41, 5.74) is -0.474. The first kappa shape index (κ1) is 14.3. The van der Waals surface area contributed by atoms with Crippen LogP contribution in [0.5, 0.6) is 0 Å². The van der Waals surface area contributed by atoms with Crippen molar-refractivity contribution in [2.75, 3.05) is 13.1 Å². The van der Waals surface area contributed by atoms with Crippen LogP contribution in [0.1, 0.15) is 41.0 Å². The molecule has 1 rings (SSSR count). The van der Waals surface area contributed by atoms with Gasteiger partial charge in [-0.15, -0.1) is 0 Å². The minimum absolute atomic E-state index is 0.183. The van der Waals surface area contributed by atoms with Crippen LogP contribution in [-0.2, 0) is 4.74 Å². The summed E-state index contributed by atoms with van der Waals surface area (Å²) in [4.78, 5) is 13.4. The zero-order valence-corrected chi connectivity index (χ0v) is 11.6. The second-order valence-electron chi connectivity index (χ2n) is 6.34. The van der Waals surface area contributed by atoms with E-state index < -0.39 is 11.7 Å². The number of amides is 1. The van der Waals surface area contributed by atoms with Gasteiger partial charge >= 0.3 is 6.09 Å². The Bertz CT molecular complexity index is 270. The van der Waals surface area contributed by atoms with Crippen LogP contribution < -0.4 is 0 Å². The number of ether oxygens (including phenoxy) is 1. The number of β-amino-alcohol motifs (C(OH)–C–C–N with tert-alkyl or cyclic N) is 1. The molecule has 4 heteroatoms. The van der Waals surface area contributed by atoms with E-state index in [1.54, 1.807) is 4.90 Å². The van der Waals surface area contributed by atoms with Crippen LogP contribution >= 0.6 is 0 Å². The Morgan fingerprint density at radius 2 is 2.00 bits per heavy atom. The molecule has 17 heavy (non-hydrogen) atoms. The van der Waals surface area contributed by atoms with Crippen LogP contribution in [0.15, 0.2) is 0 Å². The van der Waals surface area contributed by atoms with Gasteiger partial charge in [-0.25, -0.2) is 4.79 Å². The molecule has 0 saturated carbocycles. The molecule has 0 spiro atoms. The third-order valence-electron chi connectivity index (χ3n) is 2.83. The normalized spacial score (nSPS) is 25.5. The third-order valence-corrected chi connectivity index (χ3v) is 2.83. The topological polar surface area (TPSA) is 49.8 Å². The number of rotatable bonds is 2. The van der Waals surface area contributed by atoms with E-state index in [9.17, 15) is 9.90 Å². The number of likely N-dealkylation sites (tertiary alicyclic amines) is 1. The van der Waals surface area contributed by atoms with Gasteiger partial charge in [-0.05, 0) is 33.1 Å². The fourth-order valence-corrected chi connectivity index (χ4v) is 2.17. The number of aliphatic hydroxyl groups is 1. The Labute approximate surface area is 104 Å². The molecule has 2 atom stereocenters. The Morgan fingerprint density at radius 1 is 1.41 bits per heavy atom. The molecule has 0 aliphatic carbocycles. The molecule has 0 bridgehead atoms. The lowest BCUT2D eigenvalue weighted by Gasteiger charge is -2.24. The van der Waals surface area contributed by atoms with Crippen molar-refractivity contribution in [3.05, 3.63) is 0 Å². The lowest BCUT2D eigenvalue weighted by molar-refractivity contribution is 0.0269. The highest BCUT2D eigenvalue weighted by molar-refractivity contribution is 5.68. The lowest BCUT2D eigenvalue weighted by Crippen LogP contribution is -2.35. The quantitative estimate of drug-likeness (QED) is 0.809. The van der Waals surface area contributed by atoms with Gasteiger partial charge in [0.25, 0.3) is 0 Å². The molecular formula is C13H25NO3. The van der Waals surface area contributed by atoms with Crippen LogP contribution in [0.4, 0.5) is 4.79 Å². The molecule has 1 N–H and O–H groups in total. The maximum Gasteiger partial charge on any atom is 0.410 e. The first-order valence-corrected chi connectivity index (χ1v) is 6.35. The van der Waals surface area contributed by atoms with Crippen molar-refractivity contribution in [2.45, 2.75) is 52.7 Å². The Kier molecular flexibility index (Phi) is 4.42. The molecular weight excluding hydrogens is 218 g/mol. The number of carbonyl (C=O) groups is 1. The summed E-state index contributed by atoms with van der Waals surface area (Å²) in [6, 6.07) is 0. The molecule has 1 fully saturated rings. The van der Waals surface area contributed by atoms with Gasteiger partial charge in [0.15, 0.2) is 0 Å². The summed E-state index contributed by atoms with van der Waals surface area (Å²) in [5.74, 6) is 0.718. The van der Waals surface area contributed by atoms with Crippen LogP contribution in [0.2, 0.25) is 0 Å². The molecule has 1 aliphatic rings. The van der Waals surface area contributed by atoms with Crippen molar-refractivity contribution in [1.29, 1.82) is 0 Å². The fourth-order valence-electron chi connectivity index (χ4n) is 2.17. The molecule has 100 valence electrons. The van der Waals surface area contributed by atoms with E-state index in [1.165, 1.54) is 0 Å². The van der Waals surface area contributed by atoms with Gasteiger partial charge in [-0.1, -0.05) is 13.8 Å². The van der Waals surface area contributed by atoms with E-state index in [-0.39, 0.29) is 12.0 Å². The number of aliphatic hydroxyl groups excluding tert-OH is 1. The van der Waals surface area contributed by atoms with Gasteiger partial charge in [-0.2, -0.15) is 0 Å². The smallest absolute Gasteiger partial charge is 0.410 e. The summed E-state index contributed by atoms with van der Waals surface area (Å²) in [7, 11) is 0. The molecule has 1 amide bonds. The van der Waals surface area contributed by atoms with Gasteiger partial charge in [0.2, 0.25) is 0 Å². The van der Waals surface area contributed by atoms with Gasteiger partial charge in [0.05, 0.1) is 12.6 Å². The first-order valence-electron chi connectivity index (χ1n) is 6.35. The van der Waals surface area contributed by atoms with Crippen molar-refractivity contribution < 1.29 is 14.6 Å². The molecule has 2 unspecified atom stereocenters. The maximum atomic E-state index is 11.8. The molecule has 0 aromatic heterocycles. The highest BCUT2D eigenvalue weighted by atomic mass is 16.6. The Hall–Kier alpha value is -0.770. The summed E-state index contributed by atoms with van der Waals surface area (Å²) < 4.78 is 5.30. The molecule has 0 radical (unpaired) electrons. The minimum Gasteiger partial charge on any atom is -0.444 e. The number of hydrogen-bond donors (Lipinski definition) is 1. The molecule has 0 aromatic rings. The van der Waals surface area contributed by atoms with E-state index in [2.05, 4.69) is 13.8 Å². The second kappa shape index (κ2) is 5.25. The highest BCUT2D eigenvalue weighted by Crippen LogP contribution is 2.25. The van der Waals surface area contributed by atoms with Crippen molar-refractivity contribution >= 4 is 6.09 Å². The van der Waals surface area contributed by atoms with Gasteiger partial charge in [0.1, 0.15) is 5.60 Å². The van der Waals surface area contributed by atoms with Gasteiger partial charge in [-0.3, -0.25) is 0 Å². The minimum atomic E-state index is -0.474. The van der Waals surface area contributed by atoms with Gasteiger partial charge < -0.3 is 14.7 Å². The fraction of sp³-hybridized carbons (Fsp3) is 0.923. The number of nitrogens with zero attached hydrogens (tertiary/aromatic N) is 1. The number of carbonyl (C=O) groups excluding carboxylic acids is 1. The summed E-state index contributed by atoms with van der Waals surface area (Å²) in [5, 5.41) is 9.91. The zero-order valence-electron chi connectivity index (χ0n) is 11.6. The average Bonchev–Trinajstić information content (AvgIpc) is 2.44. The maximum absolute atomic E-state index is 11.8. The van der Waals surface area contributed by atoms with E-state index in [0.29, 0.717) is 19.0 Å². The zero-order chi connectivity index (χ0) is 13.2. The van der Waals surface area contributed by atoms with Crippen LogP contribution in [-0.4, -0.2) is 40.9 Å². The van der Waals surface area contributed by atoms with Crippen molar-refractivity contribution in [3.63, 3.8) is 0 Å². The third kappa shape index (κ3) is 4.54. The summed E-state index contributed by atoms with van der Waals surface area (Å²) >= 11 is 0. The standard InChI is InChI=1S/C13H25NO3/c1-9(2)6-10-7-14(8-11(10)15)12(16)17-13(3,4)5/h9-11,15H,6-8H2,1-5H3. The van der Waals surface area contributed by atoms with Crippen molar-refractivity contribution in [2.24, 2.45) is 11.8 Å². The first-order chi connectivity index (χ1) is 7.69. The molecule has 1 heterocycles. The van der Waals surface area contributed by atoms with E-state index in [4.69, 9.17) is 4.74 Å². The molecule has 4 nitrogen and oxygen atoms in total. The van der Waals surface area contributed by atoms with Crippen molar-refractivity contribution in [3.8, 4) is 0 Å². The van der Waals surface area contributed by atoms with E-state index in [0.717, 1.165) is 6.42 Å². The van der Waals surface area contributed by atoms with Crippen molar-refractivity contribution in [1.82, 2.24) is 4.90 Å². The lowest BCUT2D eigenvalue weighted by atomic mass is 9.95. The van der Waals surface area contributed by atoms with Gasteiger partial charge in [0, 0.05) is 12.5 Å². The SMILES string of the molecule is CC(C)CC1CN(C(=O)OC(C)(C)C)CC1O. The monoisotopic (exact) mass is 243 g/mol. The van der Waals surface area contributed by atoms with E-state index in [1.807, 2.05) is 20.8 Å². The molecule has 1 saturated heterocycles.